The largest absolute Gasteiger partial charge is 0.355 e. The summed E-state index contributed by atoms with van der Waals surface area (Å²) in [5.74, 6) is -0.121. The standard InChI is InChI=1S/C13H19N3O3S/c1-4-14-5-6-15(8-9(14)2)13-11(16(18)19)7-12(20-13)10(3)17/h7,9H,4-6,8H2,1-3H3. The number of nitro groups is 1. The van der Waals surface area contributed by atoms with Crippen LogP contribution in [-0.2, 0) is 0 Å². The quantitative estimate of drug-likeness (QED) is 0.485. The second-order valence-electron chi connectivity index (χ2n) is 5.04. The van der Waals surface area contributed by atoms with Gasteiger partial charge >= 0.3 is 5.69 Å². The molecule has 1 saturated heterocycles. The van der Waals surface area contributed by atoms with Gasteiger partial charge in [-0.1, -0.05) is 6.92 Å². The van der Waals surface area contributed by atoms with Gasteiger partial charge in [0, 0.05) is 31.7 Å². The van der Waals surface area contributed by atoms with Crippen LogP contribution in [0.5, 0.6) is 0 Å². The molecule has 1 aromatic rings. The summed E-state index contributed by atoms with van der Waals surface area (Å²) in [6.45, 7) is 9.08. The van der Waals surface area contributed by atoms with Gasteiger partial charge in [-0.2, -0.15) is 0 Å². The maximum absolute atomic E-state index is 11.4. The first-order valence-corrected chi connectivity index (χ1v) is 7.53. The second-order valence-corrected chi connectivity index (χ2v) is 6.07. The maximum atomic E-state index is 11.4. The van der Waals surface area contributed by atoms with Crippen LogP contribution in [0.1, 0.15) is 30.4 Å². The van der Waals surface area contributed by atoms with Crippen LogP contribution in [0.4, 0.5) is 10.7 Å². The third kappa shape index (κ3) is 2.83. The van der Waals surface area contributed by atoms with E-state index < -0.39 is 4.92 Å². The highest BCUT2D eigenvalue weighted by Gasteiger charge is 2.30. The Morgan fingerprint density at radius 2 is 2.25 bits per heavy atom. The van der Waals surface area contributed by atoms with Gasteiger partial charge in [-0.05, 0) is 20.4 Å². The van der Waals surface area contributed by atoms with Crippen LogP contribution in [0.25, 0.3) is 0 Å². The van der Waals surface area contributed by atoms with Gasteiger partial charge in [0.1, 0.15) is 0 Å². The number of likely N-dealkylation sites (N-methyl/N-ethyl adjacent to an activating group) is 1. The Kier molecular flexibility index (Phi) is 4.39. The average molecular weight is 297 g/mol. The van der Waals surface area contributed by atoms with Gasteiger partial charge in [0.15, 0.2) is 10.8 Å². The van der Waals surface area contributed by atoms with Crippen LogP contribution in [0, 0.1) is 10.1 Å². The minimum atomic E-state index is -0.394. The Morgan fingerprint density at radius 1 is 1.55 bits per heavy atom. The van der Waals surface area contributed by atoms with Gasteiger partial charge in [-0.25, -0.2) is 0 Å². The van der Waals surface area contributed by atoms with Crippen LogP contribution < -0.4 is 4.90 Å². The molecule has 2 heterocycles. The molecule has 0 saturated carbocycles. The minimum absolute atomic E-state index is 0.0531. The molecule has 7 heteroatoms. The number of thiophene rings is 1. The molecule has 1 fully saturated rings. The van der Waals surface area contributed by atoms with E-state index in [1.54, 1.807) is 0 Å². The second kappa shape index (κ2) is 5.88. The van der Waals surface area contributed by atoms with Crippen molar-refractivity contribution in [1.29, 1.82) is 0 Å². The zero-order valence-corrected chi connectivity index (χ0v) is 12.8. The average Bonchev–Trinajstić information content (AvgIpc) is 2.84. The molecule has 2 rings (SSSR count). The van der Waals surface area contributed by atoms with Gasteiger partial charge in [0.2, 0.25) is 0 Å². The number of anilines is 1. The molecule has 1 aliphatic heterocycles. The molecule has 0 spiro atoms. The van der Waals surface area contributed by atoms with E-state index in [4.69, 9.17) is 0 Å². The Balaban J connectivity index is 2.28. The number of ketones is 1. The molecule has 6 nitrogen and oxygen atoms in total. The Hall–Kier alpha value is -1.47. The van der Waals surface area contributed by atoms with E-state index in [1.807, 2.05) is 4.90 Å². The lowest BCUT2D eigenvalue weighted by Crippen LogP contribution is -2.51. The van der Waals surface area contributed by atoms with E-state index in [0.717, 1.165) is 26.2 Å². The summed E-state index contributed by atoms with van der Waals surface area (Å²) in [6, 6.07) is 1.76. The van der Waals surface area contributed by atoms with Gasteiger partial charge < -0.3 is 4.90 Å². The minimum Gasteiger partial charge on any atom is -0.355 e. The highest BCUT2D eigenvalue weighted by atomic mass is 32.1. The monoisotopic (exact) mass is 297 g/mol. The van der Waals surface area contributed by atoms with Crippen molar-refractivity contribution in [3.8, 4) is 0 Å². The molecule has 0 bridgehead atoms. The van der Waals surface area contributed by atoms with E-state index in [0.29, 0.717) is 15.9 Å². The lowest BCUT2D eigenvalue weighted by molar-refractivity contribution is -0.383. The Labute approximate surface area is 122 Å². The molecule has 20 heavy (non-hydrogen) atoms. The van der Waals surface area contributed by atoms with Gasteiger partial charge in [-0.15, -0.1) is 11.3 Å². The number of hydrogen-bond acceptors (Lipinski definition) is 6. The van der Waals surface area contributed by atoms with Crippen molar-refractivity contribution in [2.75, 3.05) is 31.1 Å². The first kappa shape index (κ1) is 14.9. The van der Waals surface area contributed by atoms with E-state index in [2.05, 4.69) is 18.7 Å². The molecule has 0 aliphatic carbocycles. The summed E-state index contributed by atoms with van der Waals surface area (Å²) in [5.41, 5.74) is 0.0531. The number of carbonyl (C=O) groups is 1. The number of carbonyl (C=O) groups excluding carboxylic acids is 1. The highest BCUT2D eigenvalue weighted by Crippen LogP contribution is 2.38. The number of rotatable bonds is 4. The lowest BCUT2D eigenvalue weighted by atomic mass is 10.2. The summed E-state index contributed by atoms with van der Waals surface area (Å²) in [5, 5.41) is 11.8. The first-order valence-electron chi connectivity index (χ1n) is 6.72. The summed E-state index contributed by atoms with van der Waals surface area (Å²) < 4.78 is 0. The summed E-state index contributed by atoms with van der Waals surface area (Å²) in [4.78, 5) is 27.1. The van der Waals surface area contributed by atoms with Gasteiger partial charge in [0.05, 0.1) is 9.80 Å². The fourth-order valence-corrected chi connectivity index (χ4v) is 3.61. The normalized spacial score (nSPS) is 20.1. The molecular formula is C13H19N3O3S. The third-order valence-electron chi connectivity index (χ3n) is 3.70. The fraction of sp³-hybridized carbons (Fsp3) is 0.615. The molecule has 0 aromatic carbocycles. The lowest BCUT2D eigenvalue weighted by Gasteiger charge is -2.39. The van der Waals surface area contributed by atoms with E-state index in [1.165, 1.54) is 24.3 Å². The molecule has 0 radical (unpaired) electrons. The van der Waals surface area contributed by atoms with Crippen molar-refractivity contribution in [2.24, 2.45) is 0 Å². The number of piperazine rings is 1. The molecular weight excluding hydrogens is 278 g/mol. The Morgan fingerprint density at radius 3 is 2.75 bits per heavy atom. The molecule has 110 valence electrons. The zero-order valence-electron chi connectivity index (χ0n) is 12.0. The van der Waals surface area contributed by atoms with E-state index >= 15 is 0 Å². The van der Waals surface area contributed by atoms with Crippen molar-refractivity contribution in [2.45, 2.75) is 26.8 Å². The molecule has 1 atom stereocenters. The molecule has 1 aromatic heterocycles. The van der Waals surface area contributed by atoms with Crippen molar-refractivity contribution >= 4 is 27.8 Å². The van der Waals surface area contributed by atoms with Crippen molar-refractivity contribution in [1.82, 2.24) is 4.90 Å². The van der Waals surface area contributed by atoms with Crippen LogP contribution in [0.15, 0.2) is 6.07 Å². The predicted octanol–water partition coefficient (Wildman–Crippen LogP) is 2.39. The number of nitrogens with zero attached hydrogens (tertiary/aromatic N) is 3. The fourth-order valence-electron chi connectivity index (χ4n) is 2.55. The SMILES string of the molecule is CCN1CCN(c2sc(C(C)=O)cc2[N+](=O)[O-])CC1C. The predicted molar refractivity (Wildman–Crippen MR) is 79.9 cm³/mol. The van der Waals surface area contributed by atoms with E-state index in [9.17, 15) is 14.9 Å². The molecule has 0 N–H and O–H groups in total. The summed E-state index contributed by atoms with van der Waals surface area (Å²) in [7, 11) is 0. The smallest absolute Gasteiger partial charge is 0.304 e. The number of Topliss-reactive ketones (excluding diaryl/α,β-unsaturated/α-hetero) is 1. The third-order valence-corrected chi connectivity index (χ3v) is 4.98. The van der Waals surface area contributed by atoms with Crippen molar-refractivity contribution < 1.29 is 9.72 Å². The van der Waals surface area contributed by atoms with Gasteiger partial charge in [-0.3, -0.25) is 19.8 Å². The summed E-state index contributed by atoms with van der Waals surface area (Å²) >= 11 is 1.23. The maximum Gasteiger partial charge on any atom is 0.304 e. The van der Waals surface area contributed by atoms with Crippen LogP contribution >= 0.6 is 11.3 Å². The van der Waals surface area contributed by atoms with E-state index in [-0.39, 0.29) is 11.5 Å². The number of hydrogen-bond donors (Lipinski definition) is 0. The topological polar surface area (TPSA) is 66.7 Å². The molecule has 1 unspecified atom stereocenters. The first-order chi connectivity index (χ1) is 9.43. The van der Waals surface area contributed by atoms with Gasteiger partial charge in [0.25, 0.3) is 0 Å². The summed E-state index contributed by atoms with van der Waals surface area (Å²) in [6.07, 6.45) is 0. The zero-order chi connectivity index (χ0) is 14.9. The van der Waals surface area contributed by atoms with Crippen LogP contribution in [0.2, 0.25) is 0 Å². The van der Waals surface area contributed by atoms with Crippen molar-refractivity contribution in [3.05, 3.63) is 21.1 Å². The van der Waals surface area contributed by atoms with Crippen molar-refractivity contribution in [3.63, 3.8) is 0 Å². The highest BCUT2D eigenvalue weighted by molar-refractivity contribution is 7.18. The Bertz CT molecular complexity index is 529. The van der Waals surface area contributed by atoms with Crippen LogP contribution in [0.3, 0.4) is 0 Å². The molecule has 1 aliphatic rings. The molecule has 0 amide bonds. The van der Waals surface area contributed by atoms with Crippen LogP contribution in [-0.4, -0.2) is 47.8 Å².